The first kappa shape index (κ1) is 16.8. The molecule has 2 aromatic rings. The Balaban J connectivity index is 2.39. The van der Waals surface area contributed by atoms with Crippen LogP contribution in [0.3, 0.4) is 0 Å². The number of para-hydroxylation sites is 2. The van der Waals surface area contributed by atoms with Gasteiger partial charge in [-0.1, -0.05) is 12.1 Å². The number of benzene rings is 2. The van der Waals surface area contributed by atoms with E-state index in [1.807, 2.05) is 0 Å². The molecule has 0 aliphatic rings. The molecule has 0 saturated carbocycles. The van der Waals surface area contributed by atoms with E-state index in [-0.39, 0.29) is 10.8 Å². The fourth-order valence-corrected chi connectivity index (χ4v) is 3.31. The summed E-state index contributed by atoms with van der Waals surface area (Å²) in [4.78, 5) is 11.6. The molecule has 1 N–H and O–H groups in total. The van der Waals surface area contributed by atoms with Gasteiger partial charge in [0.25, 0.3) is 15.9 Å². The molecule has 0 fully saturated rings. The number of ether oxygens (including phenoxy) is 1. The van der Waals surface area contributed by atoms with E-state index in [0.717, 1.165) is 4.31 Å². The van der Waals surface area contributed by atoms with E-state index in [9.17, 15) is 13.2 Å². The van der Waals surface area contributed by atoms with Crippen LogP contribution in [0.25, 0.3) is 0 Å². The minimum Gasteiger partial charge on any atom is -0.495 e. The second-order valence-electron chi connectivity index (χ2n) is 4.75. The molecule has 0 saturated heterocycles. The Bertz CT molecular complexity index is 801. The highest BCUT2D eigenvalue weighted by Crippen LogP contribution is 2.30. The van der Waals surface area contributed by atoms with Crippen LogP contribution in [-0.4, -0.2) is 35.5 Å². The Labute approximate surface area is 135 Å². The molecule has 0 radical (unpaired) electrons. The minimum absolute atomic E-state index is 0.0959. The van der Waals surface area contributed by atoms with E-state index < -0.39 is 10.0 Å². The van der Waals surface area contributed by atoms with Crippen LogP contribution in [0.1, 0.15) is 10.4 Å². The zero-order valence-corrected chi connectivity index (χ0v) is 13.9. The van der Waals surface area contributed by atoms with Gasteiger partial charge in [0.1, 0.15) is 5.75 Å². The number of nitrogens with zero attached hydrogens (tertiary/aromatic N) is 1. The van der Waals surface area contributed by atoms with Crippen molar-refractivity contribution in [1.29, 1.82) is 0 Å². The standard InChI is InChI=1S/C16H18N2O4S/c1-17-16(19)12-8-10-13(11-9-12)23(20,21)18(2)14-6-4-5-7-15(14)22-3/h4-11H,1-3H3,(H,17,19). The number of carbonyl (C=O) groups is 1. The Morgan fingerprint density at radius 1 is 1.09 bits per heavy atom. The third-order valence-corrected chi connectivity index (χ3v) is 5.21. The predicted octanol–water partition coefficient (Wildman–Crippen LogP) is 1.88. The molecule has 23 heavy (non-hydrogen) atoms. The second-order valence-corrected chi connectivity index (χ2v) is 6.72. The number of carbonyl (C=O) groups excluding carboxylic acids is 1. The van der Waals surface area contributed by atoms with Crippen molar-refractivity contribution in [1.82, 2.24) is 5.32 Å². The van der Waals surface area contributed by atoms with Gasteiger partial charge in [-0.15, -0.1) is 0 Å². The van der Waals surface area contributed by atoms with Crippen molar-refractivity contribution in [3.63, 3.8) is 0 Å². The summed E-state index contributed by atoms with van der Waals surface area (Å²) in [6.45, 7) is 0. The molecule has 0 aliphatic carbocycles. The summed E-state index contributed by atoms with van der Waals surface area (Å²) in [6, 6.07) is 12.6. The normalized spacial score (nSPS) is 10.9. The van der Waals surface area contributed by atoms with Crippen LogP contribution >= 0.6 is 0 Å². The lowest BCUT2D eigenvalue weighted by Gasteiger charge is -2.21. The Hall–Kier alpha value is -2.54. The van der Waals surface area contributed by atoms with Gasteiger partial charge in [0, 0.05) is 19.7 Å². The molecule has 6 nitrogen and oxygen atoms in total. The van der Waals surface area contributed by atoms with Crippen LogP contribution in [0, 0.1) is 0 Å². The maximum atomic E-state index is 12.7. The highest BCUT2D eigenvalue weighted by molar-refractivity contribution is 7.92. The lowest BCUT2D eigenvalue weighted by molar-refractivity contribution is 0.0963. The van der Waals surface area contributed by atoms with Crippen molar-refractivity contribution in [3.8, 4) is 5.75 Å². The van der Waals surface area contributed by atoms with Crippen molar-refractivity contribution >= 4 is 21.6 Å². The van der Waals surface area contributed by atoms with Crippen LogP contribution in [0.5, 0.6) is 5.75 Å². The minimum atomic E-state index is -3.75. The van der Waals surface area contributed by atoms with Crippen LogP contribution in [0.15, 0.2) is 53.4 Å². The molecule has 0 heterocycles. The maximum absolute atomic E-state index is 12.7. The van der Waals surface area contributed by atoms with Gasteiger partial charge in [-0.3, -0.25) is 9.10 Å². The summed E-state index contributed by atoms with van der Waals surface area (Å²) in [6.07, 6.45) is 0. The molecule has 0 spiro atoms. The number of sulfonamides is 1. The first-order chi connectivity index (χ1) is 10.9. The molecule has 0 aromatic heterocycles. The molecule has 2 rings (SSSR count). The molecule has 7 heteroatoms. The van der Waals surface area contributed by atoms with Crippen molar-refractivity contribution < 1.29 is 17.9 Å². The molecule has 0 aliphatic heterocycles. The van der Waals surface area contributed by atoms with Gasteiger partial charge in [-0.25, -0.2) is 8.42 Å². The van der Waals surface area contributed by atoms with Crippen LogP contribution in [0.4, 0.5) is 5.69 Å². The van der Waals surface area contributed by atoms with E-state index in [0.29, 0.717) is 17.0 Å². The van der Waals surface area contributed by atoms with Gasteiger partial charge in [0.2, 0.25) is 0 Å². The molecular weight excluding hydrogens is 316 g/mol. The number of hydrogen-bond acceptors (Lipinski definition) is 4. The topological polar surface area (TPSA) is 75.7 Å². The summed E-state index contributed by atoms with van der Waals surface area (Å²) in [7, 11) is 0.706. The molecule has 0 atom stereocenters. The van der Waals surface area contributed by atoms with Crippen molar-refractivity contribution in [2.45, 2.75) is 4.90 Å². The lowest BCUT2D eigenvalue weighted by Crippen LogP contribution is -2.27. The molecule has 122 valence electrons. The number of hydrogen-bond donors (Lipinski definition) is 1. The highest BCUT2D eigenvalue weighted by atomic mass is 32.2. The molecule has 2 aromatic carbocycles. The fourth-order valence-electron chi connectivity index (χ4n) is 2.10. The first-order valence-electron chi connectivity index (χ1n) is 6.86. The van der Waals surface area contributed by atoms with E-state index in [1.54, 1.807) is 24.3 Å². The molecule has 0 bridgehead atoms. The largest absolute Gasteiger partial charge is 0.495 e. The fraction of sp³-hybridized carbons (Fsp3) is 0.188. The Kier molecular flexibility index (Phi) is 4.90. The monoisotopic (exact) mass is 334 g/mol. The number of amides is 1. The summed E-state index contributed by atoms with van der Waals surface area (Å²) >= 11 is 0. The first-order valence-corrected chi connectivity index (χ1v) is 8.30. The van der Waals surface area contributed by atoms with Crippen molar-refractivity contribution in [3.05, 3.63) is 54.1 Å². The smallest absolute Gasteiger partial charge is 0.264 e. The lowest BCUT2D eigenvalue weighted by atomic mass is 10.2. The number of anilines is 1. The van der Waals surface area contributed by atoms with E-state index in [1.165, 1.54) is 45.5 Å². The van der Waals surface area contributed by atoms with E-state index >= 15 is 0 Å². The molecular formula is C16H18N2O4S. The van der Waals surface area contributed by atoms with Gasteiger partial charge in [0.15, 0.2) is 0 Å². The van der Waals surface area contributed by atoms with Gasteiger partial charge < -0.3 is 10.1 Å². The zero-order valence-electron chi connectivity index (χ0n) is 13.1. The summed E-state index contributed by atoms with van der Waals surface area (Å²) in [5.74, 6) is 0.188. The predicted molar refractivity (Wildman–Crippen MR) is 88.4 cm³/mol. The number of methoxy groups -OCH3 is 1. The second kappa shape index (κ2) is 6.70. The van der Waals surface area contributed by atoms with Gasteiger partial charge in [-0.2, -0.15) is 0 Å². The van der Waals surface area contributed by atoms with Crippen LogP contribution < -0.4 is 14.4 Å². The summed E-state index contributed by atoms with van der Waals surface area (Å²) in [5.41, 5.74) is 0.830. The Morgan fingerprint density at radius 2 is 1.70 bits per heavy atom. The molecule has 1 amide bonds. The van der Waals surface area contributed by atoms with E-state index in [4.69, 9.17) is 4.74 Å². The van der Waals surface area contributed by atoms with Gasteiger partial charge >= 0.3 is 0 Å². The van der Waals surface area contributed by atoms with Crippen LogP contribution in [-0.2, 0) is 10.0 Å². The Morgan fingerprint density at radius 3 is 2.26 bits per heavy atom. The van der Waals surface area contributed by atoms with Crippen molar-refractivity contribution in [2.24, 2.45) is 0 Å². The molecule has 0 unspecified atom stereocenters. The summed E-state index contributed by atoms with van der Waals surface area (Å²) in [5, 5.41) is 2.49. The highest BCUT2D eigenvalue weighted by Gasteiger charge is 2.23. The van der Waals surface area contributed by atoms with Crippen molar-refractivity contribution in [2.75, 3.05) is 25.5 Å². The number of rotatable bonds is 5. The van der Waals surface area contributed by atoms with Crippen LogP contribution in [0.2, 0.25) is 0 Å². The quantitative estimate of drug-likeness (QED) is 0.906. The third-order valence-electron chi connectivity index (χ3n) is 3.43. The zero-order chi connectivity index (χ0) is 17.0. The number of nitrogens with one attached hydrogen (secondary N) is 1. The van der Waals surface area contributed by atoms with Gasteiger partial charge in [-0.05, 0) is 36.4 Å². The third kappa shape index (κ3) is 3.29. The summed E-state index contributed by atoms with van der Waals surface area (Å²) < 4.78 is 31.8. The van der Waals surface area contributed by atoms with Gasteiger partial charge in [0.05, 0.1) is 17.7 Å². The SMILES string of the molecule is CNC(=O)c1ccc(S(=O)(=O)N(C)c2ccccc2OC)cc1. The average Bonchev–Trinajstić information content (AvgIpc) is 2.60. The maximum Gasteiger partial charge on any atom is 0.264 e. The average molecular weight is 334 g/mol. The van der Waals surface area contributed by atoms with E-state index in [2.05, 4.69) is 5.32 Å².